The molecule has 0 radical (unpaired) electrons. The zero-order valence-corrected chi connectivity index (χ0v) is 19.3. The Labute approximate surface area is 194 Å². The van der Waals surface area contributed by atoms with Crippen LogP contribution in [0.4, 0.5) is 10.3 Å². The summed E-state index contributed by atoms with van der Waals surface area (Å²) in [7, 11) is 0. The average molecular weight is 449 g/mol. The van der Waals surface area contributed by atoms with Crippen LogP contribution >= 0.6 is 0 Å². The highest BCUT2D eigenvalue weighted by molar-refractivity contribution is 5.85. The lowest BCUT2D eigenvalue weighted by atomic mass is 9.89. The number of fused-ring (bicyclic) bond motifs is 3. The fourth-order valence-electron chi connectivity index (χ4n) is 5.32. The van der Waals surface area contributed by atoms with Crippen molar-refractivity contribution in [1.29, 1.82) is 0 Å². The van der Waals surface area contributed by atoms with E-state index in [4.69, 9.17) is 0 Å². The lowest BCUT2D eigenvalue weighted by Crippen LogP contribution is -2.55. The van der Waals surface area contributed by atoms with Crippen molar-refractivity contribution in [2.45, 2.75) is 44.3 Å². The second kappa shape index (κ2) is 9.61. The molecule has 6 nitrogen and oxygen atoms in total. The van der Waals surface area contributed by atoms with Crippen molar-refractivity contribution in [3.05, 3.63) is 66.1 Å². The van der Waals surface area contributed by atoms with Gasteiger partial charge in [0, 0.05) is 66.8 Å². The van der Waals surface area contributed by atoms with E-state index in [2.05, 4.69) is 67.8 Å². The van der Waals surface area contributed by atoms with Crippen LogP contribution in [0.15, 0.2) is 49.3 Å². The third-order valence-electron chi connectivity index (χ3n) is 6.99. The van der Waals surface area contributed by atoms with Crippen molar-refractivity contribution in [2.75, 3.05) is 38.2 Å². The van der Waals surface area contributed by atoms with Crippen molar-refractivity contribution < 1.29 is 4.39 Å². The van der Waals surface area contributed by atoms with Gasteiger partial charge in [-0.1, -0.05) is 24.3 Å². The molecule has 0 amide bonds. The Kier molecular flexibility index (Phi) is 6.42. The van der Waals surface area contributed by atoms with Crippen LogP contribution < -0.4 is 5.32 Å². The van der Waals surface area contributed by atoms with Gasteiger partial charge in [0.1, 0.15) is 0 Å². The van der Waals surface area contributed by atoms with Gasteiger partial charge in [-0.3, -0.25) is 14.2 Å². The number of benzene rings is 1. The van der Waals surface area contributed by atoms with E-state index < -0.39 is 0 Å². The first kappa shape index (κ1) is 22.0. The maximum Gasteiger partial charge on any atom is 0.222 e. The molecule has 174 valence electrons. The molecule has 2 aromatic heterocycles. The molecule has 0 bridgehead atoms. The smallest absolute Gasteiger partial charge is 0.222 e. The molecule has 5 rings (SSSR count). The second-order valence-corrected chi connectivity index (χ2v) is 9.32. The van der Waals surface area contributed by atoms with Gasteiger partial charge in [-0.15, -0.1) is 6.58 Å². The van der Waals surface area contributed by atoms with Crippen molar-refractivity contribution >= 4 is 16.9 Å². The van der Waals surface area contributed by atoms with Crippen LogP contribution in [0.5, 0.6) is 0 Å². The minimum Gasteiger partial charge on any atom is -0.357 e. The lowest BCUT2D eigenvalue weighted by molar-refractivity contribution is 0.151. The van der Waals surface area contributed by atoms with E-state index in [1.54, 1.807) is 0 Å². The first-order valence-corrected chi connectivity index (χ1v) is 12.0. The minimum atomic E-state index is -0.249. The highest BCUT2D eigenvalue weighted by atomic mass is 19.1. The molecule has 1 saturated heterocycles. The molecular weight excluding hydrogens is 415 g/mol. The molecule has 4 heterocycles. The van der Waals surface area contributed by atoms with Gasteiger partial charge >= 0.3 is 0 Å². The maximum atomic E-state index is 12.3. The number of hydrogen-bond acceptors (Lipinski definition) is 5. The summed E-state index contributed by atoms with van der Waals surface area (Å²) in [6.45, 7) is 9.59. The van der Waals surface area contributed by atoms with Gasteiger partial charge in [-0.2, -0.15) is 0 Å². The number of nitrogens with one attached hydrogen (secondary N) is 2. The molecule has 2 aliphatic heterocycles. The molecule has 33 heavy (non-hydrogen) atoms. The standard InChI is InChI=1S/C26H33FN6/c1-3-4-12-33-18(2)13-22-21-8-5-6-9-23(21)31-24(22)25(33)19-14-28-26(29-15-19)30-20-16-32(17-20)11-7-10-27/h3,5-6,8-9,14-15,18,20,25,31H,1,4,7,10-13,16-17H2,2H3,(H,28,29,30)/t18-,25-/m1/s1. The zero-order chi connectivity index (χ0) is 22.8. The van der Waals surface area contributed by atoms with Crippen LogP contribution in [0.3, 0.4) is 0 Å². The van der Waals surface area contributed by atoms with Gasteiger partial charge in [-0.05, 0) is 37.8 Å². The van der Waals surface area contributed by atoms with Crippen molar-refractivity contribution in [3.63, 3.8) is 0 Å². The Morgan fingerprint density at radius 1 is 1.21 bits per heavy atom. The Morgan fingerprint density at radius 2 is 2.00 bits per heavy atom. The number of nitrogens with zero attached hydrogens (tertiary/aromatic N) is 4. The number of anilines is 1. The summed E-state index contributed by atoms with van der Waals surface area (Å²) in [4.78, 5) is 17.8. The van der Waals surface area contributed by atoms with Crippen LogP contribution in [0.1, 0.15) is 42.6 Å². The summed E-state index contributed by atoms with van der Waals surface area (Å²) < 4.78 is 12.3. The number of H-pyrrole nitrogens is 1. The Hall–Kier alpha value is -2.77. The van der Waals surface area contributed by atoms with Crippen LogP contribution in [0, 0.1) is 0 Å². The molecule has 2 aliphatic rings. The SMILES string of the molecule is C=CCCN1[C@H](c2cnc(NC3CN(CCCF)C3)nc2)c2[nH]c3ccccc3c2C[C@H]1C. The minimum absolute atomic E-state index is 0.0880. The average Bonchev–Trinajstić information content (AvgIpc) is 3.17. The highest BCUT2D eigenvalue weighted by Crippen LogP contribution is 2.40. The summed E-state index contributed by atoms with van der Waals surface area (Å²) in [6, 6.07) is 9.39. The number of aromatic nitrogens is 3. The number of aromatic amines is 1. The number of likely N-dealkylation sites (tertiary alicyclic amines) is 1. The molecular formula is C26H33FN6. The summed E-state index contributed by atoms with van der Waals surface area (Å²) in [5.41, 5.74) is 4.95. The Morgan fingerprint density at radius 3 is 2.76 bits per heavy atom. The molecule has 1 fully saturated rings. The summed E-state index contributed by atoms with van der Waals surface area (Å²) in [6.07, 6.45) is 8.49. The Balaban J connectivity index is 1.38. The predicted octanol–water partition coefficient (Wildman–Crippen LogP) is 4.33. The van der Waals surface area contributed by atoms with Crippen LogP contribution in [0.25, 0.3) is 10.9 Å². The second-order valence-electron chi connectivity index (χ2n) is 9.32. The highest BCUT2D eigenvalue weighted by Gasteiger charge is 2.35. The third-order valence-corrected chi connectivity index (χ3v) is 6.99. The predicted molar refractivity (Wildman–Crippen MR) is 131 cm³/mol. The van der Waals surface area contributed by atoms with E-state index >= 15 is 0 Å². The fraction of sp³-hybridized carbons (Fsp3) is 0.462. The monoisotopic (exact) mass is 448 g/mol. The van der Waals surface area contributed by atoms with E-state index in [9.17, 15) is 4.39 Å². The first-order chi connectivity index (χ1) is 16.2. The lowest BCUT2D eigenvalue weighted by Gasteiger charge is -2.41. The van der Waals surface area contributed by atoms with Crippen LogP contribution in [0.2, 0.25) is 0 Å². The van der Waals surface area contributed by atoms with Gasteiger partial charge < -0.3 is 10.3 Å². The van der Waals surface area contributed by atoms with Gasteiger partial charge in [0.25, 0.3) is 0 Å². The van der Waals surface area contributed by atoms with Gasteiger partial charge in [0.05, 0.1) is 18.8 Å². The summed E-state index contributed by atoms with van der Waals surface area (Å²) in [5.74, 6) is 0.660. The van der Waals surface area contributed by atoms with E-state index in [1.165, 1.54) is 22.2 Å². The summed E-state index contributed by atoms with van der Waals surface area (Å²) >= 11 is 0. The van der Waals surface area contributed by atoms with Gasteiger partial charge in [0.15, 0.2) is 0 Å². The molecule has 0 spiro atoms. The first-order valence-electron chi connectivity index (χ1n) is 12.0. The van der Waals surface area contributed by atoms with Crippen molar-refractivity contribution in [2.24, 2.45) is 0 Å². The molecule has 0 saturated carbocycles. The molecule has 3 aromatic rings. The Bertz CT molecular complexity index is 1090. The quantitative estimate of drug-likeness (QED) is 0.477. The van der Waals surface area contributed by atoms with E-state index in [-0.39, 0.29) is 12.7 Å². The van der Waals surface area contributed by atoms with Crippen LogP contribution in [-0.2, 0) is 6.42 Å². The van der Waals surface area contributed by atoms with E-state index in [0.717, 1.165) is 44.6 Å². The van der Waals surface area contributed by atoms with Crippen LogP contribution in [-0.4, -0.2) is 69.7 Å². The molecule has 2 atom stereocenters. The normalized spacial score (nSPS) is 21.6. The van der Waals surface area contributed by atoms with Gasteiger partial charge in [-0.25, -0.2) is 9.97 Å². The van der Waals surface area contributed by atoms with Crippen molar-refractivity contribution in [1.82, 2.24) is 24.8 Å². The fourth-order valence-corrected chi connectivity index (χ4v) is 5.32. The van der Waals surface area contributed by atoms with E-state index in [1.807, 2.05) is 18.5 Å². The topological polar surface area (TPSA) is 60.1 Å². The largest absolute Gasteiger partial charge is 0.357 e. The number of halogens is 1. The van der Waals surface area contributed by atoms with Crippen molar-refractivity contribution in [3.8, 4) is 0 Å². The molecule has 0 aliphatic carbocycles. The maximum absolute atomic E-state index is 12.3. The zero-order valence-electron chi connectivity index (χ0n) is 19.3. The molecule has 1 aromatic carbocycles. The number of alkyl halides is 1. The molecule has 0 unspecified atom stereocenters. The number of rotatable bonds is 9. The van der Waals surface area contributed by atoms with Gasteiger partial charge in [0.2, 0.25) is 5.95 Å². The molecule has 7 heteroatoms. The third kappa shape index (κ3) is 4.39. The number of para-hydroxylation sites is 1. The number of hydrogen-bond donors (Lipinski definition) is 2. The molecule has 2 N–H and O–H groups in total. The van der Waals surface area contributed by atoms with E-state index in [0.29, 0.717) is 24.5 Å². The summed E-state index contributed by atoms with van der Waals surface area (Å²) in [5, 5.41) is 4.73.